The number of rotatable bonds is 11. The Labute approximate surface area is 232 Å². The van der Waals surface area contributed by atoms with Crippen LogP contribution in [-0.2, 0) is 37.3 Å². The van der Waals surface area contributed by atoms with Gasteiger partial charge in [0.2, 0.25) is 5.91 Å². The molecule has 1 aromatic heterocycles. The molecule has 0 spiro atoms. The molecule has 40 heavy (non-hydrogen) atoms. The smallest absolute Gasteiger partial charge is 0.311 e. The molecule has 0 aliphatic heterocycles. The monoisotopic (exact) mass is 562 g/mol. The summed E-state index contributed by atoms with van der Waals surface area (Å²) in [5.41, 5.74) is 5.65. The molecule has 0 saturated heterocycles. The van der Waals surface area contributed by atoms with Crippen molar-refractivity contribution in [1.82, 2.24) is 10.5 Å². The molecule has 10 heteroatoms. The van der Waals surface area contributed by atoms with Crippen LogP contribution < -0.4 is 5.32 Å². The van der Waals surface area contributed by atoms with Crippen LogP contribution in [0.5, 0.6) is 0 Å². The Balaban J connectivity index is 1.38. The number of hydrogen-bond donors (Lipinski definition) is 2. The zero-order chi connectivity index (χ0) is 28.7. The summed E-state index contributed by atoms with van der Waals surface area (Å²) in [7, 11) is -4.12. The fourth-order valence-corrected chi connectivity index (χ4v) is 4.56. The number of nitrogens with one attached hydrogen (secondary N) is 1. The molecular weight excluding hydrogens is 532 g/mol. The van der Waals surface area contributed by atoms with Crippen LogP contribution in [0.3, 0.4) is 0 Å². The van der Waals surface area contributed by atoms with E-state index >= 15 is 0 Å². The van der Waals surface area contributed by atoms with E-state index in [4.69, 9.17) is 13.8 Å². The highest BCUT2D eigenvalue weighted by atomic mass is 32.2. The van der Waals surface area contributed by atoms with E-state index in [-0.39, 0.29) is 37.4 Å². The fraction of sp³-hybridized carbons (Fsp3) is 0.233. The van der Waals surface area contributed by atoms with E-state index in [0.717, 1.165) is 27.8 Å². The number of amides is 1. The third-order valence-electron chi connectivity index (χ3n) is 6.36. The van der Waals surface area contributed by atoms with E-state index in [1.165, 1.54) is 0 Å². The van der Waals surface area contributed by atoms with Gasteiger partial charge < -0.3 is 14.6 Å². The maximum atomic E-state index is 12.7. The zero-order valence-electron chi connectivity index (χ0n) is 22.2. The second kappa shape index (κ2) is 12.7. The number of carbonyl (C=O) groups excluding carboxylic acids is 2. The predicted octanol–water partition coefficient (Wildman–Crippen LogP) is 4.71. The minimum Gasteiger partial charge on any atom is -0.458 e. The third-order valence-corrected chi connectivity index (χ3v) is 7.08. The summed E-state index contributed by atoms with van der Waals surface area (Å²) >= 11 is 0. The summed E-state index contributed by atoms with van der Waals surface area (Å²) in [6, 6.07) is 24.6. The summed E-state index contributed by atoms with van der Waals surface area (Å²) in [5, 5.41) is 6.54. The van der Waals surface area contributed by atoms with Gasteiger partial charge in [0, 0.05) is 17.7 Å². The average Bonchev–Trinajstić information content (AvgIpc) is 3.28. The van der Waals surface area contributed by atoms with E-state index in [2.05, 4.69) is 10.5 Å². The number of nitrogens with zero attached hydrogens (tertiary/aromatic N) is 1. The Hall–Kier alpha value is -4.28. The molecule has 208 valence electrons. The Morgan fingerprint density at radius 1 is 0.925 bits per heavy atom. The maximum absolute atomic E-state index is 12.7. The van der Waals surface area contributed by atoms with E-state index in [9.17, 15) is 18.0 Å². The molecule has 2 N–H and O–H groups in total. The zero-order valence-corrected chi connectivity index (χ0v) is 23.0. The standard InChI is InChI=1S/C30H30N2O7S/c1-20-27(19-29(34)38-21(2)23-6-4-3-5-7-23)30(39-32-20)26-14-12-25(13-15-26)24-10-8-22(9-11-24)18-28(33)31-16-17-40(35,36)37/h3-15,21H,16-19H2,1-2H3,(H,31,33)(H,35,36,37)/t21-/m1/s1. The topological polar surface area (TPSA) is 136 Å². The minimum absolute atomic E-state index is 0.0362. The van der Waals surface area contributed by atoms with Crippen LogP contribution in [-0.4, -0.2) is 42.3 Å². The van der Waals surface area contributed by atoms with Crippen LogP contribution in [0, 0.1) is 6.92 Å². The Morgan fingerprint density at radius 3 is 2.15 bits per heavy atom. The van der Waals surface area contributed by atoms with Gasteiger partial charge in [0.1, 0.15) is 6.10 Å². The normalized spacial score (nSPS) is 12.1. The van der Waals surface area contributed by atoms with Gasteiger partial charge in [0.15, 0.2) is 5.76 Å². The number of hydrogen-bond acceptors (Lipinski definition) is 7. The molecule has 3 aromatic carbocycles. The van der Waals surface area contributed by atoms with Crippen molar-refractivity contribution in [2.75, 3.05) is 12.3 Å². The number of esters is 1. The average molecular weight is 563 g/mol. The first-order valence-electron chi connectivity index (χ1n) is 12.7. The molecule has 1 amide bonds. The van der Waals surface area contributed by atoms with Gasteiger partial charge in [-0.1, -0.05) is 84.0 Å². The lowest BCUT2D eigenvalue weighted by Crippen LogP contribution is -2.30. The summed E-state index contributed by atoms with van der Waals surface area (Å²) in [6.45, 7) is 3.48. The number of aromatic nitrogens is 1. The number of aryl methyl sites for hydroxylation is 1. The van der Waals surface area contributed by atoms with Crippen molar-refractivity contribution >= 4 is 22.0 Å². The van der Waals surface area contributed by atoms with Gasteiger partial charge in [-0.3, -0.25) is 14.1 Å². The molecule has 1 atom stereocenters. The third kappa shape index (κ3) is 7.87. The maximum Gasteiger partial charge on any atom is 0.311 e. The highest BCUT2D eigenvalue weighted by Crippen LogP contribution is 2.30. The van der Waals surface area contributed by atoms with E-state index in [0.29, 0.717) is 17.0 Å². The Bertz CT molecular complexity index is 1560. The van der Waals surface area contributed by atoms with Crippen molar-refractivity contribution in [3.63, 3.8) is 0 Å². The highest BCUT2D eigenvalue weighted by molar-refractivity contribution is 7.85. The van der Waals surface area contributed by atoms with Gasteiger partial charge in [-0.15, -0.1) is 0 Å². The molecule has 4 rings (SSSR count). The Morgan fingerprint density at radius 2 is 1.52 bits per heavy atom. The highest BCUT2D eigenvalue weighted by Gasteiger charge is 2.20. The molecule has 0 saturated carbocycles. The van der Waals surface area contributed by atoms with Crippen molar-refractivity contribution < 1.29 is 31.8 Å². The van der Waals surface area contributed by atoms with Crippen LogP contribution in [0.25, 0.3) is 22.5 Å². The van der Waals surface area contributed by atoms with Crippen molar-refractivity contribution in [1.29, 1.82) is 0 Å². The largest absolute Gasteiger partial charge is 0.458 e. The molecular formula is C30H30N2O7S. The number of carbonyl (C=O) groups is 2. The van der Waals surface area contributed by atoms with Crippen LogP contribution in [0.4, 0.5) is 0 Å². The van der Waals surface area contributed by atoms with Crippen molar-refractivity contribution in [2.45, 2.75) is 32.8 Å². The molecule has 0 aliphatic carbocycles. The minimum atomic E-state index is -4.12. The Kier molecular flexibility index (Phi) is 9.13. The van der Waals surface area contributed by atoms with Crippen molar-refractivity contribution in [3.8, 4) is 22.5 Å². The molecule has 0 bridgehead atoms. The molecule has 4 aromatic rings. The quantitative estimate of drug-likeness (QED) is 0.198. The van der Waals surface area contributed by atoms with Crippen molar-refractivity contribution in [3.05, 3.63) is 101 Å². The summed E-state index contributed by atoms with van der Waals surface area (Å²) < 4.78 is 41.5. The number of benzene rings is 3. The molecule has 0 fully saturated rings. The van der Waals surface area contributed by atoms with Gasteiger partial charge in [-0.25, -0.2) is 0 Å². The molecule has 9 nitrogen and oxygen atoms in total. The first-order chi connectivity index (χ1) is 19.1. The number of ether oxygens (including phenoxy) is 1. The molecule has 0 unspecified atom stereocenters. The SMILES string of the molecule is Cc1noc(-c2ccc(-c3ccc(CC(=O)NCCS(=O)(=O)O)cc3)cc2)c1CC(=O)O[C@H](C)c1ccccc1. The lowest BCUT2D eigenvalue weighted by molar-refractivity contribution is -0.147. The lowest BCUT2D eigenvalue weighted by Gasteiger charge is -2.13. The molecule has 0 radical (unpaired) electrons. The first-order valence-corrected chi connectivity index (χ1v) is 14.3. The van der Waals surface area contributed by atoms with E-state index in [1.54, 1.807) is 6.92 Å². The predicted molar refractivity (Wildman–Crippen MR) is 150 cm³/mol. The summed E-state index contributed by atoms with van der Waals surface area (Å²) in [6.07, 6.45) is -0.248. The summed E-state index contributed by atoms with van der Waals surface area (Å²) in [5.74, 6) is -0.714. The molecule has 0 aliphatic rings. The second-order valence-corrected chi connectivity index (χ2v) is 11.0. The first kappa shape index (κ1) is 28.7. The van der Waals surface area contributed by atoms with Crippen LogP contribution >= 0.6 is 0 Å². The van der Waals surface area contributed by atoms with E-state index in [1.807, 2.05) is 85.8 Å². The van der Waals surface area contributed by atoms with Crippen LogP contribution in [0.1, 0.15) is 35.4 Å². The van der Waals surface area contributed by atoms with Gasteiger partial charge in [0.25, 0.3) is 10.1 Å². The molecule has 1 heterocycles. The lowest BCUT2D eigenvalue weighted by atomic mass is 9.99. The van der Waals surface area contributed by atoms with Gasteiger partial charge in [-0.05, 0) is 36.1 Å². The van der Waals surface area contributed by atoms with Gasteiger partial charge in [-0.2, -0.15) is 8.42 Å². The van der Waals surface area contributed by atoms with E-state index < -0.39 is 15.9 Å². The van der Waals surface area contributed by atoms with Gasteiger partial charge >= 0.3 is 5.97 Å². The van der Waals surface area contributed by atoms with Crippen LogP contribution in [0.2, 0.25) is 0 Å². The second-order valence-electron chi connectivity index (χ2n) is 9.38. The van der Waals surface area contributed by atoms with Gasteiger partial charge in [0.05, 0.1) is 24.3 Å². The summed E-state index contributed by atoms with van der Waals surface area (Å²) in [4.78, 5) is 24.7. The van der Waals surface area contributed by atoms with Crippen molar-refractivity contribution in [2.24, 2.45) is 0 Å². The fourth-order valence-electron chi connectivity index (χ4n) is 4.20. The van der Waals surface area contributed by atoms with Crippen LogP contribution in [0.15, 0.2) is 83.4 Å².